The van der Waals surface area contributed by atoms with Crippen LogP contribution in [0.15, 0.2) is 67.1 Å². The highest BCUT2D eigenvalue weighted by atomic mass is 16.1. The first kappa shape index (κ1) is 16.9. The van der Waals surface area contributed by atoms with Gasteiger partial charge in [0.15, 0.2) is 5.82 Å². The number of amides is 1. The second-order valence-corrected chi connectivity index (χ2v) is 5.82. The van der Waals surface area contributed by atoms with E-state index in [0.717, 1.165) is 23.5 Å². The Morgan fingerprint density at radius 1 is 1.08 bits per heavy atom. The Morgan fingerprint density at radius 3 is 2.60 bits per heavy atom. The lowest BCUT2D eigenvalue weighted by molar-refractivity contribution is -0.122. The maximum atomic E-state index is 12.5. The van der Waals surface area contributed by atoms with E-state index in [9.17, 15) is 4.79 Å². The monoisotopic (exact) mass is 334 g/mol. The van der Waals surface area contributed by atoms with E-state index in [0.29, 0.717) is 13.1 Å². The summed E-state index contributed by atoms with van der Waals surface area (Å²) in [6.45, 7) is 3.24. The number of nitrogens with one attached hydrogen (secondary N) is 1. The fraction of sp³-hybridized carbons (Fsp3) is 0.250. The summed E-state index contributed by atoms with van der Waals surface area (Å²) in [6.07, 6.45) is 6.19. The lowest BCUT2D eigenvalue weighted by Gasteiger charge is -2.16. The van der Waals surface area contributed by atoms with Crippen LogP contribution in [0.4, 0.5) is 0 Å². The Bertz CT molecular complexity index is 799. The number of benzene rings is 1. The van der Waals surface area contributed by atoms with Crippen LogP contribution in [-0.4, -0.2) is 27.0 Å². The minimum Gasteiger partial charge on any atom is -0.354 e. The quantitative estimate of drug-likeness (QED) is 0.721. The zero-order valence-electron chi connectivity index (χ0n) is 14.3. The molecule has 0 fully saturated rings. The average Bonchev–Trinajstić information content (AvgIpc) is 3.12. The Labute approximate surface area is 147 Å². The van der Waals surface area contributed by atoms with Gasteiger partial charge in [0.1, 0.15) is 5.69 Å². The average molecular weight is 334 g/mol. The van der Waals surface area contributed by atoms with Crippen molar-refractivity contribution in [3.63, 3.8) is 0 Å². The molecule has 0 radical (unpaired) electrons. The highest BCUT2D eigenvalue weighted by molar-refractivity contribution is 5.83. The van der Waals surface area contributed by atoms with E-state index >= 15 is 0 Å². The Morgan fingerprint density at radius 2 is 1.88 bits per heavy atom. The van der Waals surface area contributed by atoms with Gasteiger partial charge in [-0.3, -0.25) is 9.78 Å². The van der Waals surface area contributed by atoms with Crippen molar-refractivity contribution in [2.75, 3.05) is 6.54 Å². The molecule has 3 rings (SSSR count). The number of carbonyl (C=O) groups excluding carboxylic acids is 1. The molecule has 5 nitrogen and oxygen atoms in total. The molecular weight excluding hydrogens is 312 g/mol. The molecule has 1 amide bonds. The summed E-state index contributed by atoms with van der Waals surface area (Å²) < 4.78 is 2.01. The number of pyridine rings is 1. The van der Waals surface area contributed by atoms with Crippen LogP contribution < -0.4 is 5.32 Å². The van der Waals surface area contributed by atoms with Gasteiger partial charge < -0.3 is 9.88 Å². The van der Waals surface area contributed by atoms with Crippen molar-refractivity contribution in [3.8, 4) is 11.5 Å². The fourth-order valence-electron chi connectivity index (χ4n) is 2.90. The van der Waals surface area contributed by atoms with Gasteiger partial charge in [-0.2, -0.15) is 0 Å². The zero-order valence-corrected chi connectivity index (χ0v) is 14.3. The molecule has 0 aliphatic carbocycles. The van der Waals surface area contributed by atoms with Crippen LogP contribution >= 0.6 is 0 Å². The van der Waals surface area contributed by atoms with Crippen molar-refractivity contribution in [1.82, 2.24) is 19.9 Å². The number of carbonyl (C=O) groups is 1. The first-order valence-corrected chi connectivity index (χ1v) is 8.54. The lowest BCUT2D eigenvalue weighted by atomic mass is 9.96. The van der Waals surface area contributed by atoms with Crippen molar-refractivity contribution in [3.05, 3.63) is 72.7 Å². The van der Waals surface area contributed by atoms with Gasteiger partial charge in [0.25, 0.3) is 0 Å². The summed E-state index contributed by atoms with van der Waals surface area (Å²) >= 11 is 0. The molecule has 0 saturated heterocycles. The van der Waals surface area contributed by atoms with E-state index < -0.39 is 0 Å². The molecular formula is C20H22N4O. The normalized spacial score (nSPS) is 11.9. The summed E-state index contributed by atoms with van der Waals surface area (Å²) in [7, 11) is 0. The summed E-state index contributed by atoms with van der Waals surface area (Å²) in [5, 5.41) is 3.04. The van der Waals surface area contributed by atoms with Gasteiger partial charge >= 0.3 is 0 Å². The third-order valence-corrected chi connectivity index (χ3v) is 4.19. The molecule has 3 aromatic rings. The van der Waals surface area contributed by atoms with E-state index in [1.807, 2.05) is 66.2 Å². The number of rotatable bonds is 7. The van der Waals surface area contributed by atoms with Crippen molar-refractivity contribution >= 4 is 5.91 Å². The molecule has 1 unspecified atom stereocenters. The van der Waals surface area contributed by atoms with Crippen LogP contribution in [-0.2, 0) is 11.3 Å². The lowest BCUT2D eigenvalue weighted by Crippen LogP contribution is -2.31. The summed E-state index contributed by atoms with van der Waals surface area (Å²) in [4.78, 5) is 21.2. The smallest absolute Gasteiger partial charge is 0.227 e. The zero-order chi connectivity index (χ0) is 17.5. The van der Waals surface area contributed by atoms with Gasteiger partial charge in [-0.15, -0.1) is 0 Å². The Balaban J connectivity index is 1.60. The highest BCUT2D eigenvalue weighted by Crippen LogP contribution is 2.19. The van der Waals surface area contributed by atoms with Crippen molar-refractivity contribution < 1.29 is 4.79 Å². The van der Waals surface area contributed by atoms with E-state index in [1.54, 1.807) is 12.4 Å². The summed E-state index contributed by atoms with van der Waals surface area (Å²) in [5.41, 5.74) is 1.88. The van der Waals surface area contributed by atoms with Crippen LogP contribution in [0.1, 0.15) is 24.8 Å². The number of imidazole rings is 1. The number of hydrogen-bond acceptors (Lipinski definition) is 3. The summed E-state index contributed by atoms with van der Waals surface area (Å²) in [6, 6.07) is 15.7. The van der Waals surface area contributed by atoms with Gasteiger partial charge in [-0.05, 0) is 24.1 Å². The summed E-state index contributed by atoms with van der Waals surface area (Å²) in [5.74, 6) is 0.761. The van der Waals surface area contributed by atoms with Crippen LogP contribution in [0.25, 0.3) is 11.5 Å². The molecule has 1 atom stereocenters. The molecule has 128 valence electrons. The topological polar surface area (TPSA) is 59.8 Å². The number of aromatic nitrogens is 3. The van der Waals surface area contributed by atoms with Gasteiger partial charge in [0.2, 0.25) is 5.91 Å². The fourth-order valence-corrected chi connectivity index (χ4v) is 2.90. The van der Waals surface area contributed by atoms with Crippen LogP contribution in [0, 0.1) is 0 Å². The Kier molecular flexibility index (Phi) is 5.57. The molecule has 1 N–H and O–H groups in total. The molecule has 0 saturated carbocycles. The maximum absolute atomic E-state index is 12.5. The third kappa shape index (κ3) is 4.12. The van der Waals surface area contributed by atoms with Crippen molar-refractivity contribution in [2.45, 2.75) is 25.8 Å². The number of hydrogen-bond donors (Lipinski definition) is 1. The molecule has 25 heavy (non-hydrogen) atoms. The highest BCUT2D eigenvalue weighted by Gasteiger charge is 2.17. The molecule has 5 heteroatoms. The minimum absolute atomic E-state index is 0.0631. The minimum atomic E-state index is -0.112. The molecule has 0 aliphatic heterocycles. The van der Waals surface area contributed by atoms with Gasteiger partial charge in [-0.1, -0.05) is 43.3 Å². The first-order chi connectivity index (χ1) is 12.3. The van der Waals surface area contributed by atoms with Crippen LogP contribution in [0.2, 0.25) is 0 Å². The molecule has 0 bridgehead atoms. The molecule has 2 aromatic heterocycles. The largest absolute Gasteiger partial charge is 0.354 e. The van der Waals surface area contributed by atoms with E-state index in [4.69, 9.17) is 0 Å². The second kappa shape index (κ2) is 8.24. The first-order valence-electron chi connectivity index (χ1n) is 8.54. The molecule has 2 heterocycles. The standard InChI is InChI=1S/C20H22N4O/c1-2-17(16-8-4-3-5-9-16)20(25)23-13-15-24-14-12-22-19(24)18-10-6-7-11-21-18/h3-12,14,17H,2,13,15H2,1H3,(H,23,25). The predicted molar refractivity (Wildman–Crippen MR) is 97.9 cm³/mol. The maximum Gasteiger partial charge on any atom is 0.227 e. The van der Waals surface area contributed by atoms with Gasteiger partial charge in [-0.25, -0.2) is 4.98 Å². The van der Waals surface area contributed by atoms with Gasteiger partial charge in [0.05, 0.1) is 5.92 Å². The van der Waals surface area contributed by atoms with Crippen LogP contribution in [0.3, 0.4) is 0 Å². The van der Waals surface area contributed by atoms with E-state index in [-0.39, 0.29) is 11.8 Å². The number of nitrogens with zero attached hydrogens (tertiary/aromatic N) is 3. The third-order valence-electron chi connectivity index (χ3n) is 4.19. The SMILES string of the molecule is CCC(C(=O)NCCn1ccnc1-c1ccccn1)c1ccccc1. The van der Waals surface area contributed by atoms with Crippen LogP contribution in [0.5, 0.6) is 0 Å². The Hall–Kier alpha value is -2.95. The molecule has 0 aliphatic rings. The van der Waals surface area contributed by atoms with Crippen molar-refractivity contribution in [2.24, 2.45) is 0 Å². The van der Waals surface area contributed by atoms with E-state index in [1.165, 1.54) is 0 Å². The molecule has 0 spiro atoms. The van der Waals surface area contributed by atoms with E-state index in [2.05, 4.69) is 15.3 Å². The molecule has 1 aromatic carbocycles. The van der Waals surface area contributed by atoms with Crippen molar-refractivity contribution in [1.29, 1.82) is 0 Å². The predicted octanol–water partition coefficient (Wildman–Crippen LogP) is 3.26. The van der Waals surface area contributed by atoms with Gasteiger partial charge in [0, 0.05) is 31.7 Å². The second-order valence-electron chi connectivity index (χ2n) is 5.82.